The van der Waals surface area contributed by atoms with Crippen LogP contribution in [0.4, 0.5) is 13.2 Å². The van der Waals surface area contributed by atoms with Crippen molar-refractivity contribution in [1.82, 2.24) is 0 Å². The molecule has 0 unspecified atom stereocenters. The van der Waals surface area contributed by atoms with Gasteiger partial charge in [0.05, 0.1) is 5.39 Å². The second-order valence-electron chi connectivity index (χ2n) is 9.40. The fourth-order valence-corrected chi connectivity index (χ4v) is 3.52. The molecule has 0 aliphatic heterocycles. The predicted molar refractivity (Wildman–Crippen MR) is 128 cm³/mol. The fourth-order valence-electron chi connectivity index (χ4n) is 3.52. The molecule has 3 aromatic carbocycles. The smallest absolute Gasteiger partial charge is 0.453 e. The Kier molecular flexibility index (Phi) is 6.36. The maximum absolute atomic E-state index is 13.8. The molecule has 0 aliphatic carbocycles. The Bertz CT molecular complexity index is 1390. The van der Waals surface area contributed by atoms with Gasteiger partial charge in [0.25, 0.3) is 5.76 Å². The van der Waals surface area contributed by atoms with Crippen LogP contribution in [0.15, 0.2) is 75.9 Å². The molecule has 0 atom stereocenters. The first-order chi connectivity index (χ1) is 16.4. The highest BCUT2D eigenvalue weighted by Crippen LogP contribution is 2.38. The zero-order valence-corrected chi connectivity index (χ0v) is 19.8. The highest BCUT2D eigenvalue weighted by molar-refractivity contribution is 5.79. The summed E-state index contributed by atoms with van der Waals surface area (Å²) < 4.78 is 57.5. The van der Waals surface area contributed by atoms with Gasteiger partial charge >= 0.3 is 6.18 Å². The van der Waals surface area contributed by atoms with Gasteiger partial charge in [-0.15, -0.1) is 0 Å². The molecule has 4 rings (SSSR count). The van der Waals surface area contributed by atoms with Crippen molar-refractivity contribution in [1.29, 1.82) is 0 Å². The van der Waals surface area contributed by atoms with E-state index in [-0.39, 0.29) is 34.5 Å². The van der Waals surface area contributed by atoms with Crippen LogP contribution in [0.25, 0.3) is 11.0 Å². The van der Waals surface area contributed by atoms with Gasteiger partial charge in [0.2, 0.25) is 11.2 Å². The summed E-state index contributed by atoms with van der Waals surface area (Å²) in [6.07, 6.45) is -4.93. The zero-order chi connectivity index (χ0) is 25.4. The molecule has 4 aromatic rings. The lowest BCUT2D eigenvalue weighted by atomic mass is 9.87. The molecule has 7 heteroatoms. The fraction of sp³-hybridized carbons (Fsp3) is 0.250. The molecule has 1 heterocycles. The molecule has 0 amide bonds. The molecule has 0 spiro atoms. The maximum atomic E-state index is 13.8. The molecule has 0 saturated heterocycles. The van der Waals surface area contributed by atoms with Gasteiger partial charge in [-0.25, -0.2) is 0 Å². The number of aryl methyl sites for hydroxylation is 1. The molecule has 0 radical (unpaired) electrons. The van der Waals surface area contributed by atoms with Crippen LogP contribution < -0.4 is 14.9 Å². The van der Waals surface area contributed by atoms with Crippen LogP contribution in [0.3, 0.4) is 0 Å². The minimum Gasteiger partial charge on any atom is -0.489 e. The first-order valence-electron chi connectivity index (χ1n) is 11.1. The van der Waals surface area contributed by atoms with Gasteiger partial charge < -0.3 is 13.9 Å². The summed E-state index contributed by atoms with van der Waals surface area (Å²) in [5.74, 6) is -2.02. The van der Waals surface area contributed by atoms with E-state index >= 15 is 0 Å². The highest BCUT2D eigenvalue weighted by Gasteiger charge is 2.40. The molecule has 0 fully saturated rings. The van der Waals surface area contributed by atoms with Crippen molar-refractivity contribution in [3.8, 4) is 17.2 Å². The average Bonchev–Trinajstić information content (AvgIpc) is 2.79. The van der Waals surface area contributed by atoms with Crippen LogP contribution in [-0.4, -0.2) is 0 Å². The third-order valence-electron chi connectivity index (χ3n) is 5.55. The van der Waals surface area contributed by atoms with Gasteiger partial charge in [-0.3, -0.25) is 4.79 Å². The average molecular weight is 482 g/mol. The number of halogens is 3. The first kappa shape index (κ1) is 24.4. The molecule has 0 saturated carbocycles. The van der Waals surface area contributed by atoms with E-state index in [9.17, 15) is 18.0 Å². The number of fused-ring (bicyclic) bond motifs is 1. The van der Waals surface area contributed by atoms with E-state index in [0.29, 0.717) is 0 Å². The molecular weight excluding hydrogens is 457 g/mol. The zero-order valence-electron chi connectivity index (χ0n) is 19.8. The maximum Gasteiger partial charge on any atom is 0.453 e. The number of alkyl halides is 3. The molecule has 0 bridgehead atoms. The third-order valence-corrected chi connectivity index (χ3v) is 5.55. The van der Waals surface area contributed by atoms with Gasteiger partial charge in [0.1, 0.15) is 23.7 Å². The molecular formula is C28H25F3O4. The van der Waals surface area contributed by atoms with Crippen LogP contribution in [0.5, 0.6) is 17.2 Å². The summed E-state index contributed by atoms with van der Waals surface area (Å²) in [4.78, 5) is 12.9. The minimum absolute atomic E-state index is 0.0213. The number of hydrogen-bond acceptors (Lipinski definition) is 4. The SMILES string of the molecule is Cc1ccc(Oc2c(C(F)(F)F)oc3cc(OCc4ccc(C(C)(C)C)cc4)ccc3c2=O)cc1. The van der Waals surface area contributed by atoms with Crippen LogP contribution in [0.1, 0.15) is 43.2 Å². The summed E-state index contributed by atoms with van der Waals surface area (Å²) in [6.45, 7) is 8.40. The van der Waals surface area contributed by atoms with Crippen molar-refractivity contribution >= 4 is 11.0 Å². The van der Waals surface area contributed by atoms with Crippen LogP contribution in [-0.2, 0) is 18.2 Å². The van der Waals surface area contributed by atoms with E-state index < -0.39 is 23.1 Å². The second kappa shape index (κ2) is 9.13. The van der Waals surface area contributed by atoms with Crippen molar-refractivity contribution in [2.24, 2.45) is 0 Å². The van der Waals surface area contributed by atoms with Gasteiger partial charge in [-0.2, -0.15) is 13.2 Å². The number of ether oxygens (including phenoxy) is 2. The molecule has 35 heavy (non-hydrogen) atoms. The number of benzene rings is 3. The summed E-state index contributed by atoms with van der Waals surface area (Å²) in [5.41, 5.74) is 1.85. The van der Waals surface area contributed by atoms with Crippen molar-refractivity contribution in [3.63, 3.8) is 0 Å². The van der Waals surface area contributed by atoms with Crippen molar-refractivity contribution in [3.05, 3.63) is 99.4 Å². The van der Waals surface area contributed by atoms with Gasteiger partial charge in [-0.05, 0) is 47.7 Å². The van der Waals surface area contributed by atoms with E-state index in [1.54, 1.807) is 12.1 Å². The summed E-state index contributed by atoms with van der Waals surface area (Å²) in [6, 6.07) is 18.4. The number of rotatable bonds is 5. The minimum atomic E-state index is -4.93. The monoisotopic (exact) mass is 482 g/mol. The van der Waals surface area contributed by atoms with E-state index in [1.165, 1.54) is 35.9 Å². The normalized spacial score (nSPS) is 12.1. The number of hydrogen-bond donors (Lipinski definition) is 0. The summed E-state index contributed by atoms with van der Waals surface area (Å²) in [7, 11) is 0. The van der Waals surface area contributed by atoms with Crippen molar-refractivity contribution in [2.45, 2.75) is 45.9 Å². The van der Waals surface area contributed by atoms with E-state index in [1.807, 2.05) is 31.2 Å². The van der Waals surface area contributed by atoms with Crippen molar-refractivity contribution < 1.29 is 27.1 Å². The highest BCUT2D eigenvalue weighted by atomic mass is 19.4. The lowest BCUT2D eigenvalue weighted by molar-refractivity contribution is -0.154. The Balaban J connectivity index is 1.64. The first-order valence-corrected chi connectivity index (χ1v) is 11.1. The third kappa shape index (κ3) is 5.50. The Morgan fingerprint density at radius 3 is 2.09 bits per heavy atom. The van der Waals surface area contributed by atoms with Crippen LogP contribution >= 0.6 is 0 Å². The standard InChI is InChI=1S/C28H25F3O4/c1-17-5-11-20(12-6-17)34-25-24(32)22-14-13-21(15-23(22)35-26(25)28(29,30)31)33-16-18-7-9-19(10-8-18)27(2,3)4/h5-15H,16H2,1-4H3. The molecule has 4 nitrogen and oxygen atoms in total. The van der Waals surface area contributed by atoms with E-state index in [4.69, 9.17) is 13.9 Å². The Morgan fingerprint density at radius 1 is 0.857 bits per heavy atom. The Hall–Kier alpha value is -3.74. The quantitative estimate of drug-likeness (QED) is 0.291. The lowest BCUT2D eigenvalue weighted by Crippen LogP contribution is -2.15. The summed E-state index contributed by atoms with van der Waals surface area (Å²) in [5, 5.41) is -0.0398. The molecule has 1 aromatic heterocycles. The van der Waals surface area contributed by atoms with Gasteiger partial charge in [-0.1, -0.05) is 62.7 Å². The second-order valence-corrected chi connectivity index (χ2v) is 9.40. The van der Waals surface area contributed by atoms with Crippen LogP contribution in [0.2, 0.25) is 0 Å². The topological polar surface area (TPSA) is 48.7 Å². The predicted octanol–water partition coefficient (Wildman–Crippen LogP) is 7.79. The molecule has 0 aliphatic rings. The molecule has 0 N–H and O–H groups in total. The lowest BCUT2D eigenvalue weighted by Gasteiger charge is -2.19. The van der Waals surface area contributed by atoms with E-state index in [0.717, 1.165) is 11.1 Å². The largest absolute Gasteiger partial charge is 0.489 e. The Morgan fingerprint density at radius 2 is 1.49 bits per heavy atom. The van der Waals surface area contributed by atoms with Gasteiger partial charge in [0, 0.05) is 6.07 Å². The van der Waals surface area contributed by atoms with Gasteiger partial charge in [0.15, 0.2) is 0 Å². The van der Waals surface area contributed by atoms with Crippen molar-refractivity contribution in [2.75, 3.05) is 0 Å². The molecule has 182 valence electrons. The Labute approximate surface area is 200 Å². The summed E-state index contributed by atoms with van der Waals surface area (Å²) >= 11 is 0. The van der Waals surface area contributed by atoms with E-state index in [2.05, 4.69) is 20.8 Å². The van der Waals surface area contributed by atoms with Crippen LogP contribution in [0, 0.1) is 6.92 Å².